The number of nitrogens with zero attached hydrogens (tertiary/aromatic N) is 3. The third kappa shape index (κ3) is 4.10. The maximum absolute atomic E-state index is 13.1. The van der Waals surface area contributed by atoms with Gasteiger partial charge in [-0.15, -0.1) is 11.3 Å². The summed E-state index contributed by atoms with van der Waals surface area (Å²) in [7, 11) is 0. The Labute approximate surface area is 160 Å². The lowest BCUT2D eigenvalue weighted by molar-refractivity contribution is 0.628. The van der Waals surface area contributed by atoms with Gasteiger partial charge >= 0.3 is 0 Å². The molecule has 27 heavy (non-hydrogen) atoms. The van der Waals surface area contributed by atoms with Crippen LogP contribution in [-0.2, 0) is 0 Å². The largest absolute Gasteiger partial charge is 0.220 e. The number of hydrogen-bond acceptors (Lipinski definition) is 3. The average molecular weight is 373 g/mol. The van der Waals surface area contributed by atoms with Crippen LogP contribution in [0.3, 0.4) is 0 Å². The molecule has 1 heterocycles. The van der Waals surface area contributed by atoms with Crippen LogP contribution in [0, 0.1) is 5.82 Å². The van der Waals surface area contributed by atoms with Gasteiger partial charge < -0.3 is 0 Å². The molecule has 4 rings (SSSR count). The minimum absolute atomic E-state index is 0.264. The molecule has 3 aromatic carbocycles. The van der Waals surface area contributed by atoms with Gasteiger partial charge in [-0.2, -0.15) is 5.10 Å². The molecule has 0 saturated heterocycles. The Morgan fingerprint density at radius 2 is 1.48 bits per heavy atom. The van der Waals surface area contributed by atoms with Crippen molar-refractivity contribution in [3.8, 4) is 11.3 Å². The van der Waals surface area contributed by atoms with E-state index >= 15 is 0 Å². The van der Waals surface area contributed by atoms with Gasteiger partial charge in [0.05, 0.1) is 17.6 Å². The predicted molar refractivity (Wildman–Crippen MR) is 109 cm³/mol. The first-order chi connectivity index (χ1) is 13.3. The molecule has 0 bridgehead atoms. The van der Waals surface area contributed by atoms with E-state index in [0.717, 1.165) is 27.3 Å². The van der Waals surface area contributed by atoms with Crippen LogP contribution in [-0.4, -0.2) is 10.9 Å². The van der Waals surface area contributed by atoms with Gasteiger partial charge in [-0.1, -0.05) is 60.7 Å². The summed E-state index contributed by atoms with van der Waals surface area (Å²) >= 11 is 1.53. The lowest BCUT2D eigenvalue weighted by atomic mass is 10.2. The monoisotopic (exact) mass is 373 g/mol. The average Bonchev–Trinajstić information content (AvgIpc) is 3.11. The number of hydrogen-bond donors (Lipinski definition) is 0. The molecule has 1 aromatic heterocycles. The first kappa shape index (κ1) is 17.1. The van der Waals surface area contributed by atoms with E-state index in [9.17, 15) is 4.39 Å². The third-order valence-electron chi connectivity index (χ3n) is 3.93. The highest BCUT2D eigenvalue weighted by atomic mass is 32.1. The van der Waals surface area contributed by atoms with E-state index in [1.807, 2.05) is 70.7 Å². The molecule has 0 atom stereocenters. The van der Waals surface area contributed by atoms with Crippen LogP contribution in [0.5, 0.6) is 0 Å². The van der Waals surface area contributed by atoms with Crippen molar-refractivity contribution in [3.63, 3.8) is 0 Å². The van der Waals surface area contributed by atoms with Crippen molar-refractivity contribution in [1.82, 2.24) is 4.68 Å². The summed E-state index contributed by atoms with van der Waals surface area (Å²) < 4.78 is 14.9. The molecule has 0 N–H and O–H groups in total. The smallest absolute Gasteiger partial charge is 0.211 e. The fourth-order valence-corrected chi connectivity index (χ4v) is 3.44. The zero-order valence-electron chi connectivity index (χ0n) is 14.4. The van der Waals surface area contributed by atoms with E-state index < -0.39 is 0 Å². The molecule has 0 aliphatic carbocycles. The summed E-state index contributed by atoms with van der Waals surface area (Å²) in [6, 6.07) is 26.1. The lowest BCUT2D eigenvalue weighted by Gasteiger charge is -2.03. The lowest BCUT2D eigenvalue weighted by Crippen LogP contribution is -2.11. The van der Waals surface area contributed by atoms with Crippen molar-refractivity contribution < 1.29 is 4.39 Å². The minimum Gasteiger partial charge on any atom is -0.220 e. The number of benzene rings is 3. The standard InChI is InChI=1S/C22H16FN3S/c23-19-13-11-17(12-14-19)15-24-26-21(18-7-3-1-4-8-18)16-27-22(26)25-20-9-5-2-6-10-20/h1-16H/b24-15+,25-22?. The molecule has 5 heteroatoms. The van der Waals surface area contributed by atoms with Gasteiger partial charge in [0.15, 0.2) is 0 Å². The second-order valence-corrected chi connectivity index (χ2v) is 6.66. The Hall–Kier alpha value is -3.31. The molecule has 4 aromatic rings. The van der Waals surface area contributed by atoms with Crippen molar-refractivity contribution in [1.29, 1.82) is 0 Å². The summed E-state index contributed by atoms with van der Waals surface area (Å²) in [5.74, 6) is -0.264. The summed E-state index contributed by atoms with van der Waals surface area (Å²) in [5, 5.41) is 6.67. The first-order valence-corrected chi connectivity index (χ1v) is 9.33. The van der Waals surface area contributed by atoms with E-state index in [2.05, 4.69) is 5.10 Å². The van der Waals surface area contributed by atoms with Crippen LogP contribution in [0.15, 0.2) is 100 Å². The van der Waals surface area contributed by atoms with Crippen molar-refractivity contribution in [3.05, 3.63) is 106 Å². The van der Waals surface area contributed by atoms with E-state index in [1.54, 1.807) is 18.3 Å². The van der Waals surface area contributed by atoms with Crippen LogP contribution in [0.1, 0.15) is 5.56 Å². The van der Waals surface area contributed by atoms with E-state index in [1.165, 1.54) is 23.5 Å². The highest BCUT2D eigenvalue weighted by Gasteiger charge is 2.07. The van der Waals surface area contributed by atoms with Gasteiger partial charge in [0.1, 0.15) is 5.82 Å². The van der Waals surface area contributed by atoms with Gasteiger partial charge in [0.25, 0.3) is 0 Å². The highest BCUT2D eigenvalue weighted by molar-refractivity contribution is 7.07. The van der Waals surface area contributed by atoms with Crippen molar-refractivity contribution in [2.75, 3.05) is 0 Å². The van der Waals surface area contributed by atoms with Crippen molar-refractivity contribution in [2.24, 2.45) is 10.1 Å². The zero-order valence-corrected chi connectivity index (χ0v) is 15.2. The normalized spacial score (nSPS) is 12.0. The fraction of sp³-hybridized carbons (Fsp3) is 0. The maximum atomic E-state index is 13.1. The van der Waals surface area contributed by atoms with E-state index in [4.69, 9.17) is 4.99 Å². The summed E-state index contributed by atoms with van der Waals surface area (Å²) in [6.45, 7) is 0. The number of rotatable bonds is 4. The molecule has 0 amide bonds. The molecule has 0 unspecified atom stereocenters. The second kappa shape index (κ2) is 7.93. The molecule has 3 nitrogen and oxygen atoms in total. The molecule has 0 fully saturated rings. The van der Waals surface area contributed by atoms with Crippen LogP contribution in [0.4, 0.5) is 10.1 Å². The van der Waals surface area contributed by atoms with Gasteiger partial charge in [-0.25, -0.2) is 14.1 Å². The van der Waals surface area contributed by atoms with Crippen LogP contribution >= 0.6 is 11.3 Å². The molecular weight excluding hydrogens is 357 g/mol. The molecule has 0 saturated carbocycles. The quantitative estimate of drug-likeness (QED) is 0.425. The number of halogens is 1. The predicted octanol–water partition coefficient (Wildman–Crippen LogP) is 5.47. The Morgan fingerprint density at radius 1 is 0.815 bits per heavy atom. The Kier molecular flexibility index (Phi) is 5.03. The Morgan fingerprint density at radius 3 is 2.19 bits per heavy atom. The van der Waals surface area contributed by atoms with E-state index in [0.29, 0.717) is 0 Å². The number of aromatic nitrogens is 1. The Bertz CT molecular complexity index is 1110. The van der Waals surface area contributed by atoms with Gasteiger partial charge in [-0.3, -0.25) is 0 Å². The summed E-state index contributed by atoms with van der Waals surface area (Å²) in [5.41, 5.74) is 3.69. The summed E-state index contributed by atoms with van der Waals surface area (Å²) in [6.07, 6.45) is 1.71. The molecule has 132 valence electrons. The van der Waals surface area contributed by atoms with E-state index in [-0.39, 0.29) is 5.82 Å². The van der Waals surface area contributed by atoms with Crippen molar-refractivity contribution in [2.45, 2.75) is 0 Å². The maximum Gasteiger partial charge on any atom is 0.211 e. The second-order valence-electron chi connectivity index (χ2n) is 5.82. The number of thiazole rings is 1. The molecule has 0 spiro atoms. The number of para-hydroxylation sites is 1. The fourth-order valence-electron chi connectivity index (χ4n) is 2.58. The minimum atomic E-state index is -0.264. The molecule has 0 aliphatic rings. The summed E-state index contributed by atoms with van der Waals surface area (Å²) in [4.78, 5) is 5.48. The first-order valence-electron chi connectivity index (χ1n) is 8.45. The van der Waals surface area contributed by atoms with Gasteiger partial charge in [-0.05, 0) is 29.8 Å². The van der Waals surface area contributed by atoms with Gasteiger partial charge in [0, 0.05) is 10.9 Å². The SMILES string of the molecule is Fc1ccc(/C=N/n2c(-c3ccccc3)csc2=Nc2ccccc2)cc1. The Balaban J connectivity index is 1.82. The topological polar surface area (TPSA) is 29.6 Å². The highest BCUT2D eigenvalue weighted by Crippen LogP contribution is 2.20. The van der Waals surface area contributed by atoms with Crippen LogP contribution < -0.4 is 4.80 Å². The molecule has 0 aliphatic heterocycles. The molecular formula is C22H16FN3S. The van der Waals surface area contributed by atoms with Crippen molar-refractivity contribution >= 4 is 23.2 Å². The van der Waals surface area contributed by atoms with Gasteiger partial charge in [0.2, 0.25) is 4.80 Å². The zero-order chi connectivity index (χ0) is 18.5. The third-order valence-corrected chi connectivity index (χ3v) is 4.74. The van der Waals surface area contributed by atoms with Crippen LogP contribution in [0.2, 0.25) is 0 Å². The molecule has 0 radical (unpaired) electrons. The van der Waals surface area contributed by atoms with Crippen LogP contribution in [0.25, 0.3) is 11.3 Å².